The molecule has 0 aromatic carbocycles. The van der Waals surface area contributed by atoms with Crippen LogP contribution in [0.25, 0.3) is 0 Å². The summed E-state index contributed by atoms with van der Waals surface area (Å²) in [5.41, 5.74) is -0.477. The molecule has 104 valence electrons. The molecule has 0 aromatic heterocycles. The van der Waals surface area contributed by atoms with Gasteiger partial charge in [-0.05, 0) is 39.5 Å². The molecule has 4 heteroatoms. The first-order chi connectivity index (χ1) is 8.28. The van der Waals surface area contributed by atoms with E-state index in [1.54, 1.807) is 0 Å². The molecule has 0 saturated heterocycles. The average Bonchev–Trinajstić information content (AvgIpc) is 2.08. The molecular formula is C14H25NO3. The van der Waals surface area contributed by atoms with E-state index >= 15 is 0 Å². The second-order valence-corrected chi connectivity index (χ2v) is 6.29. The third kappa shape index (κ3) is 5.52. The molecule has 0 spiro atoms. The lowest BCUT2D eigenvalue weighted by atomic mass is 9.79. The van der Waals surface area contributed by atoms with Crippen LogP contribution in [0.5, 0.6) is 0 Å². The van der Waals surface area contributed by atoms with Gasteiger partial charge in [-0.3, -0.25) is 4.79 Å². The van der Waals surface area contributed by atoms with Crippen LogP contribution in [0.1, 0.15) is 53.4 Å². The molecule has 1 aliphatic carbocycles. The lowest BCUT2D eigenvalue weighted by Gasteiger charge is -2.25. The van der Waals surface area contributed by atoms with E-state index in [4.69, 9.17) is 4.74 Å². The van der Waals surface area contributed by atoms with Gasteiger partial charge in [0.1, 0.15) is 11.4 Å². The van der Waals surface area contributed by atoms with Crippen molar-refractivity contribution in [2.24, 2.45) is 11.8 Å². The number of ketones is 1. The minimum Gasteiger partial charge on any atom is -0.444 e. The summed E-state index contributed by atoms with van der Waals surface area (Å²) in [7, 11) is 0. The first kappa shape index (κ1) is 15.0. The molecule has 1 rings (SSSR count). The molecule has 1 fully saturated rings. The lowest BCUT2D eigenvalue weighted by molar-refractivity contribution is -0.126. The summed E-state index contributed by atoms with van der Waals surface area (Å²) in [4.78, 5) is 23.2. The smallest absolute Gasteiger partial charge is 0.407 e. The molecule has 1 atom stereocenters. The largest absolute Gasteiger partial charge is 0.444 e. The number of amides is 1. The van der Waals surface area contributed by atoms with Gasteiger partial charge in [-0.1, -0.05) is 13.3 Å². The summed E-state index contributed by atoms with van der Waals surface area (Å²) in [5, 5.41) is 2.71. The fourth-order valence-corrected chi connectivity index (χ4v) is 1.88. The molecule has 1 unspecified atom stereocenters. The summed E-state index contributed by atoms with van der Waals surface area (Å²) in [6.07, 6.45) is 3.42. The molecule has 0 aromatic rings. The first-order valence-electron chi connectivity index (χ1n) is 6.77. The van der Waals surface area contributed by atoms with Crippen molar-refractivity contribution in [1.82, 2.24) is 5.32 Å². The Hall–Kier alpha value is -1.06. The van der Waals surface area contributed by atoms with Crippen LogP contribution in [0, 0.1) is 11.8 Å². The van der Waals surface area contributed by atoms with Crippen molar-refractivity contribution in [3.63, 3.8) is 0 Å². The van der Waals surface area contributed by atoms with Crippen LogP contribution in [0.15, 0.2) is 0 Å². The van der Waals surface area contributed by atoms with Crippen molar-refractivity contribution >= 4 is 11.9 Å². The van der Waals surface area contributed by atoms with Crippen molar-refractivity contribution in [3.8, 4) is 0 Å². The summed E-state index contributed by atoms with van der Waals surface area (Å²) in [6, 6.07) is 0. The monoisotopic (exact) mass is 255 g/mol. The summed E-state index contributed by atoms with van der Waals surface area (Å²) in [6.45, 7) is 7.96. The van der Waals surface area contributed by atoms with Gasteiger partial charge in [0.15, 0.2) is 0 Å². The highest BCUT2D eigenvalue weighted by Crippen LogP contribution is 2.29. The number of hydrogen-bond acceptors (Lipinski definition) is 3. The standard InChI is InChI=1S/C14H25NO3/c1-10(8-12(16)11-6-5-7-11)9-15-13(17)18-14(2,3)4/h10-11H,5-9H2,1-4H3,(H,15,17). The van der Waals surface area contributed by atoms with Crippen LogP contribution in [-0.2, 0) is 9.53 Å². The van der Waals surface area contributed by atoms with Crippen LogP contribution < -0.4 is 5.32 Å². The maximum absolute atomic E-state index is 11.8. The molecule has 1 N–H and O–H groups in total. The van der Waals surface area contributed by atoms with Gasteiger partial charge >= 0.3 is 6.09 Å². The van der Waals surface area contributed by atoms with Gasteiger partial charge in [0.25, 0.3) is 0 Å². The van der Waals surface area contributed by atoms with E-state index in [2.05, 4.69) is 5.32 Å². The molecule has 4 nitrogen and oxygen atoms in total. The van der Waals surface area contributed by atoms with Crippen molar-refractivity contribution < 1.29 is 14.3 Å². The Bertz CT molecular complexity index is 303. The number of Topliss-reactive ketones (excluding diaryl/α,β-unsaturated/α-hetero) is 1. The maximum Gasteiger partial charge on any atom is 0.407 e. The molecule has 0 radical (unpaired) electrons. The molecule has 0 aliphatic heterocycles. The zero-order chi connectivity index (χ0) is 13.8. The van der Waals surface area contributed by atoms with Gasteiger partial charge in [0.05, 0.1) is 0 Å². The Morgan fingerprint density at radius 2 is 1.94 bits per heavy atom. The third-order valence-corrected chi connectivity index (χ3v) is 3.10. The number of nitrogens with one attached hydrogen (secondary N) is 1. The Morgan fingerprint density at radius 3 is 2.39 bits per heavy atom. The molecule has 0 bridgehead atoms. The van der Waals surface area contributed by atoms with Crippen LogP contribution in [0.4, 0.5) is 4.79 Å². The second kappa shape index (κ2) is 6.21. The Kier molecular flexibility index (Phi) is 5.17. The molecule has 18 heavy (non-hydrogen) atoms. The third-order valence-electron chi connectivity index (χ3n) is 3.10. The van der Waals surface area contributed by atoms with Crippen LogP contribution >= 0.6 is 0 Å². The molecule has 1 amide bonds. The summed E-state index contributed by atoms with van der Waals surface area (Å²) < 4.78 is 5.14. The van der Waals surface area contributed by atoms with E-state index in [9.17, 15) is 9.59 Å². The van der Waals surface area contributed by atoms with Crippen molar-refractivity contribution in [1.29, 1.82) is 0 Å². The predicted molar refractivity (Wildman–Crippen MR) is 70.4 cm³/mol. The van der Waals surface area contributed by atoms with E-state index < -0.39 is 11.7 Å². The van der Waals surface area contributed by atoms with E-state index in [0.29, 0.717) is 18.7 Å². The zero-order valence-electron chi connectivity index (χ0n) is 11.9. The van der Waals surface area contributed by atoms with E-state index in [0.717, 1.165) is 12.8 Å². The van der Waals surface area contributed by atoms with Crippen LogP contribution in [0.3, 0.4) is 0 Å². The predicted octanol–water partition coefficient (Wildman–Crippen LogP) is 2.91. The Morgan fingerprint density at radius 1 is 1.33 bits per heavy atom. The lowest BCUT2D eigenvalue weighted by Crippen LogP contribution is -2.35. The normalized spacial score (nSPS) is 17.8. The van der Waals surface area contributed by atoms with Gasteiger partial charge in [-0.2, -0.15) is 0 Å². The van der Waals surface area contributed by atoms with Crippen molar-refractivity contribution in [3.05, 3.63) is 0 Å². The van der Waals surface area contributed by atoms with E-state index in [-0.39, 0.29) is 11.8 Å². The highest BCUT2D eigenvalue weighted by molar-refractivity contribution is 5.82. The van der Waals surface area contributed by atoms with Crippen molar-refractivity contribution in [2.45, 2.75) is 59.0 Å². The Labute approximate surface area is 109 Å². The number of carbonyl (C=O) groups is 2. The number of carbonyl (C=O) groups excluding carboxylic acids is 2. The van der Waals surface area contributed by atoms with Gasteiger partial charge < -0.3 is 10.1 Å². The van der Waals surface area contributed by atoms with Gasteiger partial charge in [-0.25, -0.2) is 4.79 Å². The fraction of sp³-hybridized carbons (Fsp3) is 0.857. The number of ether oxygens (including phenoxy) is 1. The summed E-state index contributed by atoms with van der Waals surface area (Å²) >= 11 is 0. The van der Waals surface area contributed by atoms with Gasteiger partial charge in [0, 0.05) is 18.9 Å². The van der Waals surface area contributed by atoms with Crippen molar-refractivity contribution in [2.75, 3.05) is 6.54 Å². The first-order valence-corrected chi connectivity index (χ1v) is 6.77. The summed E-state index contributed by atoms with van der Waals surface area (Å²) in [5.74, 6) is 0.805. The fourth-order valence-electron chi connectivity index (χ4n) is 1.88. The zero-order valence-corrected chi connectivity index (χ0v) is 11.9. The molecule has 0 heterocycles. The van der Waals surface area contributed by atoms with E-state index in [1.165, 1.54) is 6.42 Å². The molecule has 1 aliphatic rings. The van der Waals surface area contributed by atoms with E-state index in [1.807, 2.05) is 27.7 Å². The highest BCUT2D eigenvalue weighted by Gasteiger charge is 2.26. The molecule has 1 saturated carbocycles. The van der Waals surface area contributed by atoms with Gasteiger partial charge in [0.2, 0.25) is 0 Å². The highest BCUT2D eigenvalue weighted by atomic mass is 16.6. The second-order valence-electron chi connectivity index (χ2n) is 6.29. The van der Waals surface area contributed by atoms with Crippen LogP contribution in [0.2, 0.25) is 0 Å². The minimum absolute atomic E-state index is 0.172. The number of alkyl carbamates (subject to hydrolysis) is 1. The van der Waals surface area contributed by atoms with Crippen LogP contribution in [-0.4, -0.2) is 24.0 Å². The average molecular weight is 255 g/mol. The quantitative estimate of drug-likeness (QED) is 0.821. The minimum atomic E-state index is -0.477. The Balaban J connectivity index is 2.18. The molecular weight excluding hydrogens is 230 g/mol. The maximum atomic E-state index is 11.8. The van der Waals surface area contributed by atoms with Gasteiger partial charge in [-0.15, -0.1) is 0 Å². The number of hydrogen-bond donors (Lipinski definition) is 1. The SMILES string of the molecule is CC(CNC(=O)OC(C)(C)C)CC(=O)C1CCC1. The topological polar surface area (TPSA) is 55.4 Å². The number of rotatable bonds is 5.